The first kappa shape index (κ1) is 13.6. The fourth-order valence-corrected chi connectivity index (χ4v) is 2.36. The van der Waals surface area contributed by atoms with Gasteiger partial charge in [-0.25, -0.2) is 9.97 Å². The van der Waals surface area contributed by atoms with Crippen LogP contribution < -0.4 is 5.32 Å². The molecule has 3 aromatic rings. The maximum Gasteiger partial charge on any atom is 0.228 e. The Morgan fingerprint density at radius 1 is 0.905 bits per heavy atom. The van der Waals surface area contributed by atoms with Gasteiger partial charge in [-0.1, -0.05) is 49.7 Å². The monoisotopic (exact) mass is 277 g/mol. The van der Waals surface area contributed by atoms with Crippen LogP contribution in [-0.2, 0) is 0 Å². The summed E-state index contributed by atoms with van der Waals surface area (Å²) in [5.41, 5.74) is 4.30. The largest absolute Gasteiger partial charge is 0.324 e. The van der Waals surface area contributed by atoms with E-state index in [0.717, 1.165) is 22.3 Å². The van der Waals surface area contributed by atoms with Gasteiger partial charge in [0.05, 0.1) is 11.2 Å². The van der Waals surface area contributed by atoms with E-state index in [-0.39, 0.29) is 0 Å². The third kappa shape index (κ3) is 2.87. The highest BCUT2D eigenvalue weighted by atomic mass is 15.1. The molecule has 3 rings (SSSR count). The van der Waals surface area contributed by atoms with E-state index >= 15 is 0 Å². The van der Waals surface area contributed by atoms with Crippen molar-refractivity contribution in [1.29, 1.82) is 0 Å². The quantitative estimate of drug-likeness (QED) is 0.747. The minimum atomic E-state index is 0.358. The number of hydrogen-bond donors (Lipinski definition) is 1. The van der Waals surface area contributed by atoms with Crippen LogP contribution in [0.25, 0.3) is 10.9 Å². The Balaban J connectivity index is 2.04. The summed E-state index contributed by atoms with van der Waals surface area (Å²) in [6.45, 7) is 6.39. The average Bonchev–Trinajstić information content (AvgIpc) is 2.48. The van der Waals surface area contributed by atoms with Crippen LogP contribution in [0.15, 0.2) is 48.5 Å². The number of hydrogen-bond acceptors (Lipinski definition) is 3. The van der Waals surface area contributed by atoms with Crippen molar-refractivity contribution in [3.05, 3.63) is 59.8 Å². The Bertz CT molecular complexity index is 761. The number of para-hydroxylation sites is 1. The summed E-state index contributed by atoms with van der Waals surface area (Å²) >= 11 is 0. The van der Waals surface area contributed by atoms with Gasteiger partial charge >= 0.3 is 0 Å². The van der Waals surface area contributed by atoms with Gasteiger partial charge < -0.3 is 5.32 Å². The van der Waals surface area contributed by atoms with Gasteiger partial charge in [0.1, 0.15) is 0 Å². The van der Waals surface area contributed by atoms with Gasteiger partial charge in [0.25, 0.3) is 0 Å². The lowest BCUT2D eigenvalue weighted by Gasteiger charge is -2.12. The van der Waals surface area contributed by atoms with Gasteiger partial charge in [0.15, 0.2) is 0 Å². The van der Waals surface area contributed by atoms with Gasteiger partial charge in [-0.15, -0.1) is 0 Å². The molecule has 0 amide bonds. The summed E-state index contributed by atoms with van der Waals surface area (Å²) in [7, 11) is 0. The molecule has 0 atom stereocenters. The third-order valence-electron chi connectivity index (χ3n) is 3.49. The van der Waals surface area contributed by atoms with Crippen LogP contribution >= 0.6 is 0 Å². The predicted molar refractivity (Wildman–Crippen MR) is 88.1 cm³/mol. The van der Waals surface area contributed by atoms with E-state index in [1.54, 1.807) is 0 Å². The second kappa shape index (κ2) is 5.52. The fourth-order valence-electron chi connectivity index (χ4n) is 2.36. The molecule has 0 fully saturated rings. The van der Waals surface area contributed by atoms with E-state index < -0.39 is 0 Å². The molecule has 0 bridgehead atoms. The molecule has 0 radical (unpaired) electrons. The van der Waals surface area contributed by atoms with Gasteiger partial charge in [0, 0.05) is 11.1 Å². The van der Waals surface area contributed by atoms with E-state index in [1.165, 1.54) is 5.56 Å². The summed E-state index contributed by atoms with van der Waals surface area (Å²) in [4.78, 5) is 9.31. The van der Waals surface area contributed by atoms with Crippen molar-refractivity contribution in [2.24, 2.45) is 0 Å². The molecule has 0 saturated heterocycles. The maximum atomic E-state index is 4.70. The summed E-state index contributed by atoms with van der Waals surface area (Å²) in [6, 6.07) is 16.4. The Morgan fingerprint density at radius 2 is 1.62 bits per heavy atom. The second-order valence-corrected chi connectivity index (χ2v) is 5.60. The number of rotatable bonds is 3. The Labute approximate surface area is 125 Å². The lowest BCUT2D eigenvalue weighted by atomic mass is 10.0. The van der Waals surface area contributed by atoms with Crippen molar-refractivity contribution in [1.82, 2.24) is 9.97 Å². The Kier molecular flexibility index (Phi) is 3.57. The molecule has 0 saturated carbocycles. The van der Waals surface area contributed by atoms with Crippen molar-refractivity contribution in [2.75, 3.05) is 5.32 Å². The number of aromatic nitrogens is 2. The van der Waals surface area contributed by atoms with Gasteiger partial charge in [-0.05, 0) is 31.0 Å². The first-order valence-corrected chi connectivity index (χ1v) is 7.24. The van der Waals surface area contributed by atoms with E-state index in [9.17, 15) is 0 Å². The molecule has 21 heavy (non-hydrogen) atoms. The molecule has 2 aromatic carbocycles. The minimum Gasteiger partial charge on any atom is -0.324 e. The minimum absolute atomic E-state index is 0.358. The maximum absolute atomic E-state index is 4.70. The molecule has 0 aliphatic heterocycles. The summed E-state index contributed by atoms with van der Waals surface area (Å²) < 4.78 is 0. The van der Waals surface area contributed by atoms with Crippen molar-refractivity contribution >= 4 is 22.5 Å². The number of anilines is 2. The smallest absolute Gasteiger partial charge is 0.228 e. The first-order chi connectivity index (χ1) is 10.1. The Morgan fingerprint density at radius 3 is 2.33 bits per heavy atom. The highest BCUT2D eigenvalue weighted by Gasteiger charge is 2.10. The van der Waals surface area contributed by atoms with Crippen molar-refractivity contribution in [3.8, 4) is 0 Å². The van der Waals surface area contributed by atoms with Crippen LogP contribution in [0.4, 0.5) is 11.6 Å². The van der Waals surface area contributed by atoms with Crippen LogP contribution in [0, 0.1) is 6.92 Å². The van der Waals surface area contributed by atoms with Gasteiger partial charge in [-0.3, -0.25) is 0 Å². The molecular formula is C18H19N3. The zero-order chi connectivity index (χ0) is 14.8. The molecular weight excluding hydrogens is 258 g/mol. The SMILES string of the molecule is Cc1ccc(Nc2nc(C(C)C)c3ccccc3n2)cc1. The molecule has 1 N–H and O–H groups in total. The second-order valence-electron chi connectivity index (χ2n) is 5.60. The molecule has 1 heterocycles. The lowest BCUT2D eigenvalue weighted by molar-refractivity contribution is 0.831. The zero-order valence-electron chi connectivity index (χ0n) is 12.6. The van der Waals surface area contributed by atoms with Gasteiger partial charge in [-0.2, -0.15) is 0 Å². The van der Waals surface area contributed by atoms with Crippen LogP contribution in [0.5, 0.6) is 0 Å². The van der Waals surface area contributed by atoms with Crippen LogP contribution in [0.3, 0.4) is 0 Å². The number of nitrogens with one attached hydrogen (secondary N) is 1. The van der Waals surface area contributed by atoms with Crippen molar-refractivity contribution in [3.63, 3.8) is 0 Å². The predicted octanol–water partition coefficient (Wildman–Crippen LogP) is 4.81. The molecule has 0 unspecified atom stereocenters. The van der Waals surface area contributed by atoms with E-state index in [1.807, 2.05) is 30.3 Å². The zero-order valence-corrected chi connectivity index (χ0v) is 12.6. The molecule has 3 nitrogen and oxygen atoms in total. The Hall–Kier alpha value is -2.42. The highest BCUT2D eigenvalue weighted by molar-refractivity contribution is 5.82. The van der Waals surface area contributed by atoms with Crippen molar-refractivity contribution < 1.29 is 0 Å². The lowest BCUT2D eigenvalue weighted by Crippen LogP contribution is -2.03. The van der Waals surface area contributed by atoms with Gasteiger partial charge in [0.2, 0.25) is 5.95 Å². The number of nitrogens with zero attached hydrogens (tertiary/aromatic N) is 2. The van der Waals surface area contributed by atoms with Crippen LogP contribution in [-0.4, -0.2) is 9.97 Å². The van der Waals surface area contributed by atoms with Crippen molar-refractivity contribution in [2.45, 2.75) is 26.7 Å². The first-order valence-electron chi connectivity index (χ1n) is 7.24. The van der Waals surface area contributed by atoms with E-state index in [2.05, 4.69) is 49.3 Å². The number of fused-ring (bicyclic) bond motifs is 1. The molecule has 1 aromatic heterocycles. The third-order valence-corrected chi connectivity index (χ3v) is 3.49. The molecule has 106 valence electrons. The van der Waals surface area contributed by atoms with Crippen LogP contribution in [0.2, 0.25) is 0 Å². The fraction of sp³-hybridized carbons (Fsp3) is 0.222. The van der Waals surface area contributed by atoms with Crippen LogP contribution in [0.1, 0.15) is 31.0 Å². The molecule has 3 heteroatoms. The molecule has 0 aliphatic rings. The topological polar surface area (TPSA) is 37.8 Å². The summed E-state index contributed by atoms with van der Waals surface area (Å²) in [6.07, 6.45) is 0. The number of aryl methyl sites for hydroxylation is 1. The number of benzene rings is 2. The normalized spacial score (nSPS) is 11.0. The molecule has 0 spiro atoms. The van der Waals surface area contributed by atoms with E-state index in [0.29, 0.717) is 11.9 Å². The summed E-state index contributed by atoms with van der Waals surface area (Å²) in [5, 5.41) is 4.42. The standard InChI is InChI=1S/C18H19N3/c1-12(2)17-15-6-4-5-7-16(15)20-18(21-17)19-14-10-8-13(3)9-11-14/h4-12H,1-3H3,(H,19,20,21). The average molecular weight is 277 g/mol. The summed E-state index contributed by atoms with van der Waals surface area (Å²) in [5.74, 6) is 1.01. The van der Waals surface area contributed by atoms with E-state index in [4.69, 9.17) is 4.98 Å². The molecule has 0 aliphatic carbocycles. The highest BCUT2D eigenvalue weighted by Crippen LogP contribution is 2.25.